The number of benzene rings is 2. The van der Waals surface area contributed by atoms with Crippen molar-refractivity contribution in [3.05, 3.63) is 56.6 Å². The Kier molecular flexibility index (Phi) is 3.08. The van der Waals surface area contributed by atoms with E-state index in [0.29, 0.717) is 21.4 Å². The predicted octanol–water partition coefficient (Wildman–Crippen LogP) is 4.44. The van der Waals surface area contributed by atoms with Crippen LogP contribution in [0.4, 0.5) is 5.69 Å². The highest BCUT2D eigenvalue weighted by Gasteiger charge is 2.10. The molecule has 0 radical (unpaired) electrons. The molecule has 5 nitrogen and oxygen atoms in total. The van der Waals surface area contributed by atoms with Gasteiger partial charge in [-0.3, -0.25) is 10.1 Å². The van der Waals surface area contributed by atoms with Crippen LogP contribution < -0.4 is 0 Å². The molecule has 0 saturated heterocycles. The topological polar surface area (TPSA) is 71.8 Å². The van der Waals surface area contributed by atoms with Crippen LogP contribution in [-0.4, -0.2) is 14.9 Å². The van der Waals surface area contributed by atoms with Crippen LogP contribution in [-0.2, 0) is 0 Å². The molecule has 0 atom stereocenters. The number of imidazole rings is 1. The van der Waals surface area contributed by atoms with Crippen LogP contribution in [0.3, 0.4) is 0 Å². The molecule has 100 valence electrons. The third kappa shape index (κ3) is 2.21. The predicted molar refractivity (Wildman–Crippen MR) is 78.2 cm³/mol. The Labute approximate surface area is 123 Å². The van der Waals surface area contributed by atoms with Gasteiger partial charge in [0.25, 0.3) is 5.69 Å². The zero-order valence-electron chi connectivity index (χ0n) is 9.93. The lowest BCUT2D eigenvalue weighted by molar-refractivity contribution is -0.384. The Morgan fingerprint density at radius 2 is 1.75 bits per heavy atom. The standard InChI is InChI=1S/C13H7Cl2N3O2/c14-9-5-11-12(6-10(9)15)17-13(16-11)7-1-3-8(4-2-7)18(19)20/h1-6H,(H,16,17). The maximum atomic E-state index is 10.6. The van der Waals surface area contributed by atoms with Gasteiger partial charge in [0, 0.05) is 17.7 Å². The van der Waals surface area contributed by atoms with Gasteiger partial charge < -0.3 is 4.98 Å². The van der Waals surface area contributed by atoms with Crippen LogP contribution in [0.5, 0.6) is 0 Å². The second-order valence-electron chi connectivity index (χ2n) is 4.17. The summed E-state index contributed by atoms with van der Waals surface area (Å²) in [5.74, 6) is 0.605. The average molecular weight is 308 g/mol. The molecule has 3 rings (SSSR count). The summed E-state index contributed by atoms with van der Waals surface area (Å²) in [5, 5.41) is 11.5. The van der Waals surface area contributed by atoms with Gasteiger partial charge in [0.05, 0.1) is 26.0 Å². The third-order valence-corrected chi connectivity index (χ3v) is 3.60. The number of rotatable bonds is 2. The zero-order valence-corrected chi connectivity index (χ0v) is 11.4. The van der Waals surface area contributed by atoms with Gasteiger partial charge >= 0.3 is 0 Å². The molecule has 0 aliphatic carbocycles. The van der Waals surface area contributed by atoms with Gasteiger partial charge in [-0.2, -0.15) is 0 Å². The van der Waals surface area contributed by atoms with E-state index in [1.165, 1.54) is 12.1 Å². The molecule has 7 heteroatoms. The SMILES string of the molecule is O=[N+]([O-])c1ccc(-c2nc3cc(Cl)c(Cl)cc3[nH]2)cc1. The van der Waals surface area contributed by atoms with E-state index >= 15 is 0 Å². The summed E-state index contributed by atoms with van der Waals surface area (Å²) in [4.78, 5) is 17.7. The number of aromatic nitrogens is 2. The Bertz CT molecular complexity index is 773. The average Bonchev–Trinajstić information content (AvgIpc) is 2.82. The van der Waals surface area contributed by atoms with Crippen LogP contribution >= 0.6 is 23.2 Å². The largest absolute Gasteiger partial charge is 0.338 e. The number of aromatic amines is 1. The van der Waals surface area contributed by atoms with Crippen molar-refractivity contribution in [3.8, 4) is 11.4 Å². The summed E-state index contributed by atoms with van der Waals surface area (Å²) in [5.41, 5.74) is 2.23. The smallest absolute Gasteiger partial charge is 0.269 e. The minimum absolute atomic E-state index is 0.0379. The molecule has 20 heavy (non-hydrogen) atoms. The molecule has 0 unspecified atom stereocenters. The fraction of sp³-hybridized carbons (Fsp3) is 0. The summed E-state index contributed by atoms with van der Waals surface area (Å²) in [6.45, 7) is 0. The normalized spacial score (nSPS) is 10.9. The number of nitrogens with zero attached hydrogens (tertiary/aromatic N) is 2. The van der Waals surface area contributed by atoms with E-state index in [9.17, 15) is 10.1 Å². The van der Waals surface area contributed by atoms with Crippen LogP contribution in [0.2, 0.25) is 10.0 Å². The number of hydrogen-bond donors (Lipinski definition) is 1. The molecule has 0 saturated carbocycles. The number of fused-ring (bicyclic) bond motifs is 1. The lowest BCUT2D eigenvalue weighted by Gasteiger charge is -1.95. The van der Waals surface area contributed by atoms with Gasteiger partial charge in [-0.25, -0.2) is 4.98 Å². The summed E-state index contributed by atoms with van der Waals surface area (Å²) in [7, 11) is 0. The van der Waals surface area contributed by atoms with Crippen molar-refractivity contribution in [1.29, 1.82) is 0 Å². The monoisotopic (exact) mass is 307 g/mol. The molecule has 0 amide bonds. The molecule has 0 bridgehead atoms. The van der Waals surface area contributed by atoms with Crippen molar-refractivity contribution in [1.82, 2.24) is 9.97 Å². The zero-order chi connectivity index (χ0) is 14.3. The molecule has 0 aliphatic rings. The fourth-order valence-electron chi connectivity index (χ4n) is 1.88. The van der Waals surface area contributed by atoms with Gasteiger partial charge in [-0.05, 0) is 24.3 Å². The van der Waals surface area contributed by atoms with Crippen LogP contribution in [0.15, 0.2) is 36.4 Å². The van der Waals surface area contributed by atoms with E-state index in [4.69, 9.17) is 23.2 Å². The second-order valence-corrected chi connectivity index (χ2v) is 4.99. The summed E-state index contributed by atoms with van der Waals surface area (Å²) in [6, 6.07) is 9.51. The lowest BCUT2D eigenvalue weighted by atomic mass is 10.2. The second kappa shape index (κ2) is 4.77. The highest BCUT2D eigenvalue weighted by Crippen LogP contribution is 2.29. The molecule has 0 spiro atoms. The van der Waals surface area contributed by atoms with E-state index in [1.807, 2.05) is 0 Å². The van der Waals surface area contributed by atoms with Gasteiger partial charge in [-0.1, -0.05) is 23.2 Å². The number of nitrogens with one attached hydrogen (secondary N) is 1. The van der Waals surface area contributed by atoms with Gasteiger partial charge in [0.1, 0.15) is 5.82 Å². The first-order valence-corrected chi connectivity index (χ1v) is 6.40. The summed E-state index contributed by atoms with van der Waals surface area (Å²) >= 11 is 11.9. The van der Waals surface area contributed by atoms with Gasteiger partial charge in [-0.15, -0.1) is 0 Å². The Morgan fingerprint density at radius 1 is 1.10 bits per heavy atom. The maximum Gasteiger partial charge on any atom is 0.269 e. The van der Waals surface area contributed by atoms with E-state index in [1.54, 1.807) is 24.3 Å². The molecule has 2 aromatic carbocycles. The van der Waals surface area contributed by atoms with Crippen LogP contribution in [0, 0.1) is 10.1 Å². The van der Waals surface area contributed by atoms with Crippen molar-refractivity contribution < 1.29 is 4.92 Å². The third-order valence-electron chi connectivity index (χ3n) is 2.88. The molecular formula is C13H7Cl2N3O2. The van der Waals surface area contributed by atoms with E-state index in [-0.39, 0.29) is 5.69 Å². The first-order chi connectivity index (χ1) is 9.54. The number of H-pyrrole nitrogens is 1. The molecule has 0 aliphatic heterocycles. The van der Waals surface area contributed by atoms with Crippen molar-refractivity contribution in [2.24, 2.45) is 0 Å². The summed E-state index contributed by atoms with van der Waals surface area (Å²) in [6.07, 6.45) is 0. The number of nitro groups is 1. The van der Waals surface area contributed by atoms with Crippen molar-refractivity contribution in [2.75, 3.05) is 0 Å². The highest BCUT2D eigenvalue weighted by molar-refractivity contribution is 6.42. The van der Waals surface area contributed by atoms with E-state index < -0.39 is 4.92 Å². The van der Waals surface area contributed by atoms with Crippen molar-refractivity contribution >= 4 is 39.9 Å². The van der Waals surface area contributed by atoms with Crippen LogP contribution in [0.1, 0.15) is 0 Å². The molecule has 0 fully saturated rings. The number of halogens is 2. The minimum atomic E-state index is -0.442. The molecule has 1 heterocycles. The van der Waals surface area contributed by atoms with Gasteiger partial charge in [0.2, 0.25) is 0 Å². The number of nitro benzene ring substituents is 1. The van der Waals surface area contributed by atoms with Crippen molar-refractivity contribution in [2.45, 2.75) is 0 Å². The van der Waals surface area contributed by atoms with E-state index in [0.717, 1.165) is 11.1 Å². The Hall–Kier alpha value is -2.11. The number of non-ortho nitro benzene ring substituents is 1. The van der Waals surface area contributed by atoms with E-state index in [2.05, 4.69) is 9.97 Å². The van der Waals surface area contributed by atoms with Crippen molar-refractivity contribution in [3.63, 3.8) is 0 Å². The Morgan fingerprint density at radius 3 is 2.40 bits per heavy atom. The quantitative estimate of drug-likeness (QED) is 0.561. The van der Waals surface area contributed by atoms with Gasteiger partial charge in [0.15, 0.2) is 0 Å². The first-order valence-electron chi connectivity index (χ1n) is 5.64. The fourth-order valence-corrected chi connectivity index (χ4v) is 2.20. The summed E-state index contributed by atoms with van der Waals surface area (Å²) < 4.78 is 0. The molecule has 3 aromatic rings. The molecular weight excluding hydrogens is 301 g/mol. The first kappa shape index (κ1) is 12.9. The van der Waals surface area contributed by atoms with Crippen LogP contribution in [0.25, 0.3) is 22.4 Å². The molecule has 1 N–H and O–H groups in total. The number of hydrogen-bond acceptors (Lipinski definition) is 3. The maximum absolute atomic E-state index is 10.6. The molecule has 1 aromatic heterocycles. The Balaban J connectivity index is 2.07. The minimum Gasteiger partial charge on any atom is -0.338 e. The highest BCUT2D eigenvalue weighted by atomic mass is 35.5. The lowest BCUT2D eigenvalue weighted by Crippen LogP contribution is -1.87.